The normalized spacial score (nSPS) is 12.3. The molecule has 0 atom stereocenters. The van der Waals surface area contributed by atoms with E-state index >= 15 is 0 Å². The van der Waals surface area contributed by atoms with Gasteiger partial charge in [-0.25, -0.2) is 17.9 Å². The zero-order chi connectivity index (χ0) is 16.3. The summed E-state index contributed by atoms with van der Waals surface area (Å²) in [6.45, 7) is -0.500. The third-order valence-corrected chi connectivity index (χ3v) is 4.42. The molecule has 0 amide bonds. The lowest BCUT2D eigenvalue weighted by Gasteiger charge is -2.10. The fourth-order valence-corrected chi connectivity index (χ4v) is 3.19. The third-order valence-electron chi connectivity index (χ3n) is 2.19. The molecule has 0 saturated carbocycles. The van der Waals surface area contributed by atoms with Crippen molar-refractivity contribution < 1.29 is 31.5 Å². The number of nitrogens with one attached hydrogen (secondary N) is 1. The van der Waals surface area contributed by atoms with Gasteiger partial charge in [-0.05, 0) is 30.0 Å². The van der Waals surface area contributed by atoms with E-state index in [1.165, 1.54) is 6.07 Å². The fraction of sp³-hybridized carbons (Fsp3) is 0.300. The summed E-state index contributed by atoms with van der Waals surface area (Å²) >= 11 is -0.385. The zero-order valence-corrected chi connectivity index (χ0v) is 12.0. The van der Waals surface area contributed by atoms with Crippen LogP contribution in [-0.2, 0) is 10.0 Å². The Kier molecular flexibility index (Phi) is 5.48. The van der Waals surface area contributed by atoms with Crippen LogP contribution in [0.3, 0.4) is 0 Å². The molecule has 0 heterocycles. The minimum absolute atomic E-state index is 0.0186. The van der Waals surface area contributed by atoms with Crippen LogP contribution in [0.15, 0.2) is 23.1 Å². The van der Waals surface area contributed by atoms with E-state index in [9.17, 15) is 26.4 Å². The van der Waals surface area contributed by atoms with Gasteiger partial charge in [-0.15, -0.1) is 0 Å². The monoisotopic (exact) mass is 344 g/mol. The van der Waals surface area contributed by atoms with Gasteiger partial charge in [0.2, 0.25) is 10.0 Å². The van der Waals surface area contributed by atoms with Gasteiger partial charge in [-0.1, -0.05) is 0 Å². The molecule has 0 radical (unpaired) electrons. The van der Waals surface area contributed by atoms with E-state index in [2.05, 4.69) is 0 Å². The number of benzene rings is 1. The minimum Gasteiger partial charge on any atom is -0.478 e. The maximum atomic E-state index is 11.9. The van der Waals surface area contributed by atoms with Gasteiger partial charge in [-0.3, -0.25) is 0 Å². The van der Waals surface area contributed by atoms with Crippen molar-refractivity contribution in [3.63, 3.8) is 0 Å². The first-order valence-corrected chi connectivity index (χ1v) is 7.83. The molecule has 0 aromatic heterocycles. The van der Waals surface area contributed by atoms with Gasteiger partial charge >= 0.3 is 11.5 Å². The lowest BCUT2D eigenvalue weighted by molar-refractivity contribution is -0.0327. The molecule has 1 aromatic carbocycles. The molecular weight excluding hydrogens is 333 g/mol. The number of carbonyl (C=O) groups is 1. The number of aromatic carboxylic acids is 1. The summed E-state index contributed by atoms with van der Waals surface area (Å²) in [5.74, 6) is -2.02. The number of rotatable bonds is 6. The van der Waals surface area contributed by atoms with Crippen LogP contribution in [0.1, 0.15) is 10.4 Å². The Labute approximate surface area is 122 Å². The van der Waals surface area contributed by atoms with Crippen LogP contribution in [0.2, 0.25) is 0 Å². The minimum atomic E-state index is -4.46. The summed E-state index contributed by atoms with van der Waals surface area (Å²) < 4.78 is 61.5. The number of halogens is 3. The van der Waals surface area contributed by atoms with Crippen molar-refractivity contribution in [2.24, 2.45) is 0 Å². The highest BCUT2D eigenvalue weighted by Crippen LogP contribution is 2.29. The summed E-state index contributed by atoms with van der Waals surface area (Å²) in [4.78, 5) is 10.4. The van der Waals surface area contributed by atoms with Crippen LogP contribution in [0.25, 0.3) is 0 Å². The van der Waals surface area contributed by atoms with Crippen molar-refractivity contribution in [1.82, 2.24) is 4.72 Å². The van der Waals surface area contributed by atoms with Gasteiger partial charge in [-0.2, -0.15) is 13.2 Å². The summed E-state index contributed by atoms with van der Waals surface area (Å²) in [7, 11) is -4.27. The Morgan fingerprint density at radius 2 is 2.00 bits per heavy atom. The SMILES string of the molecule is Nc1ccc(C(=O)O)c(S(=O)(=O)NCCSC(F)(F)F)c1. The molecule has 0 bridgehead atoms. The lowest BCUT2D eigenvalue weighted by Crippen LogP contribution is -2.28. The third kappa shape index (κ3) is 5.44. The second-order valence-corrected chi connectivity index (χ2v) is 6.65. The summed E-state index contributed by atoms with van der Waals surface area (Å²) in [5, 5.41) is 8.91. The fourth-order valence-electron chi connectivity index (χ4n) is 1.36. The molecule has 6 nitrogen and oxygen atoms in total. The number of hydrogen-bond donors (Lipinski definition) is 3. The van der Waals surface area contributed by atoms with Gasteiger partial charge in [0.15, 0.2) is 0 Å². The van der Waals surface area contributed by atoms with Gasteiger partial charge in [0.1, 0.15) is 0 Å². The van der Waals surface area contributed by atoms with Gasteiger partial charge < -0.3 is 10.8 Å². The maximum Gasteiger partial charge on any atom is 0.441 e. The Bertz CT molecular complexity index is 632. The lowest BCUT2D eigenvalue weighted by atomic mass is 10.2. The molecule has 1 aromatic rings. The standard InChI is InChI=1S/C10H11F3N2O4S2/c11-10(12,13)20-4-3-15-21(18,19)8-5-6(14)1-2-7(8)9(16)17/h1-2,5,15H,3-4,14H2,(H,16,17). The molecular formula is C10H11F3N2O4S2. The van der Waals surface area contributed by atoms with Crippen LogP contribution in [-0.4, -0.2) is 37.3 Å². The first-order chi connectivity index (χ1) is 9.53. The topological polar surface area (TPSA) is 109 Å². The average Bonchev–Trinajstić information content (AvgIpc) is 2.33. The van der Waals surface area contributed by atoms with Crippen molar-refractivity contribution in [3.05, 3.63) is 23.8 Å². The number of carboxylic acid groups (broad SMARTS) is 1. The Morgan fingerprint density at radius 3 is 2.52 bits per heavy atom. The number of alkyl halides is 3. The van der Waals surface area contributed by atoms with Crippen LogP contribution < -0.4 is 10.5 Å². The van der Waals surface area contributed by atoms with E-state index in [-0.39, 0.29) is 17.4 Å². The quantitative estimate of drug-likeness (QED) is 0.533. The van der Waals surface area contributed by atoms with E-state index in [0.29, 0.717) is 0 Å². The van der Waals surface area contributed by atoms with E-state index in [0.717, 1.165) is 12.1 Å². The number of thioether (sulfide) groups is 1. The summed E-state index contributed by atoms with van der Waals surface area (Å²) in [6, 6.07) is 3.15. The summed E-state index contributed by atoms with van der Waals surface area (Å²) in [5.41, 5.74) is 0.440. The second kappa shape index (κ2) is 6.54. The molecule has 11 heteroatoms. The molecule has 0 aliphatic rings. The highest BCUT2D eigenvalue weighted by molar-refractivity contribution is 8.00. The highest BCUT2D eigenvalue weighted by atomic mass is 32.2. The molecule has 0 unspecified atom stereocenters. The van der Waals surface area contributed by atoms with Crippen molar-refractivity contribution in [2.75, 3.05) is 18.0 Å². The molecule has 0 fully saturated rings. The molecule has 1 rings (SSSR count). The van der Waals surface area contributed by atoms with Crippen molar-refractivity contribution in [1.29, 1.82) is 0 Å². The molecule has 21 heavy (non-hydrogen) atoms. The number of carboxylic acids is 1. The Hall–Kier alpha value is -1.46. The van der Waals surface area contributed by atoms with Gasteiger partial charge in [0, 0.05) is 18.0 Å². The molecule has 4 N–H and O–H groups in total. The number of anilines is 1. The smallest absolute Gasteiger partial charge is 0.441 e. The number of hydrogen-bond acceptors (Lipinski definition) is 5. The van der Waals surface area contributed by atoms with Crippen LogP contribution in [0.4, 0.5) is 18.9 Å². The van der Waals surface area contributed by atoms with Gasteiger partial charge in [0.25, 0.3) is 0 Å². The van der Waals surface area contributed by atoms with Crippen molar-refractivity contribution in [3.8, 4) is 0 Å². The Balaban J connectivity index is 2.88. The van der Waals surface area contributed by atoms with Crippen molar-refractivity contribution in [2.45, 2.75) is 10.4 Å². The molecule has 0 saturated heterocycles. The highest BCUT2D eigenvalue weighted by Gasteiger charge is 2.28. The zero-order valence-electron chi connectivity index (χ0n) is 10.3. The number of nitrogen functional groups attached to an aromatic ring is 1. The predicted molar refractivity (Wildman–Crippen MR) is 71.5 cm³/mol. The van der Waals surface area contributed by atoms with Crippen molar-refractivity contribution >= 4 is 33.4 Å². The maximum absolute atomic E-state index is 11.9. The molecule has 0 aliphatic carbocycles. The van der Waals surface area contributed by atoms with E-state index in [1.807, 2.05) is 4.72 Å². The van der Waals surface area contributed by atoms with Crippen LogP contribution >= 0.6 is 11.8 Å². The van der Waals surface area contributed by atoms with E-state index < -0.39 is 44.3 Å². The average molecular weight is 344 g/mol. The van der Waals surface area contributed by atoms with Gasteiger partial charge in [0.05, 0.1) is 10.5 Å². The largest absolute Gasteiger partial charge is 0.478 e. The molecule has 0 spiro atoms. The first kappa shape index (κ1) is 17.6. The Morgan fingerprint density at radius 1 is 1.38 bits per heavy atom. The van der Waals surface area contributed by atoms with E-state index in [4.69, 9.17) is 10.8 Å². The first-order valence-electron chi connectivity index (χ1n) is 5.36. The molecule has 118 valence electrons. The van der Waals surface area contributed by atoms with Crippen LogP contribution in [0, 0.1) is 0 Å². The number of sulfonamides is 1. The second-order valence-electron chi connectivity index (χ2n) is 3.75. The molecule has 0 aliphatic heterocycles. The van der Waals surface area contributed by atoms with Crippen LogP contribution in [0.5, 0.6) is 0 Å². The number of nitrogens with two attached hydrogens (primary N) is 1. The predicted octanol–water partition coefficient (Wildman–Crippen LogP) is 1.50. The van der Waals surface area contributed by atoms with E-state index in [1.54, 1.807) is 0 Å². The summed E-state index contributed by atoms with van der Waals surface area (Å²) in [6.07, 6.45) is 0.